The van der Waals surface area contributed by atoms with Crippen LogP contribution < -0.4 is 4.90 Å². The highest BCUT2D eigenvalue weighted by Crippen LogP contribution is 2.59. The number of hydrogen-bond donors (Lipinski definition) is 0. The molecule has 54 heavy (non-hydrogen) atoms. The Hall–Kier alpha value is -6.96. The minimum absolute atomic E-state index is 0.0887. The zero-order valence-corrected chi connectivity index (χ0v) is 29.5. The van der Waals surface area contributed by atoms with Crippen molar-refractivity contribution in [2.45, 2.75) is 5.41 Å². The lowest BCUT2D eigenvalue weighted by Gasteiger charge is -2.34. The van der Waals surface area contributed by atoms with Gasteiger partial charge in [-0.05, 0) is 91.1 Å². The first-order valence-corrected chi connectivity index (χ1v) is 18.4. The Morgan fingerprint density at radius 2 is 0.907 bits per heavy atom. The number of fused-ring (bicyclic) bond motifs is 4. The lowest BCUT2D eigenvalue weighted by molar-refractivity contribution is 0.768. The van der Waals surface area contributed by atoms with E-state index in [-0.39, 0.29) is 35.4 Å². The van der Waals surface area contributed by atoms with Crippen LogP contribution in [0.3, 0.4) is 0 Å². The fourth-order valence-corrected chi connectivity index (χ4v) is 8.48. The Morgan fingerprint density at radius 3 is 1.63 bits per heavy atom. The van der Waals surface area contributed by atoms with Crippen molar-refractivity contribution in [3.63, 3.8) is 0 Å². The molecule has 0 saturated heterocycles. The van der Waals surface area contributed by atoms with E-state index in [9.17, 15) is 5.48 Å². The number of anilines is 3. The average molecular weight is 692 g/mol. The van der Waals surface area contributed by atoms with Crippen LogP contribution in [0.1, 0.15) is 27.7 Å². The summed E-state index contributed by atoms with van der Waals surface area (Å²) in [6.45, 7) is 0. The van der Waals surface area contributed by atoms with Crippen molar-refractivity contribution >= 4 is 27.8 Å². The molecule has 0 fully saturated rings. The van der Waals surface area contributed by atoms with Crippen LogP contribution >= 0.6 is 0 Å². The number of benzene rings is 9. The van der Waals surface area contributed by atoms with Gasteiger partial charge in [-0.1, -0.05) is 194 Å². The maximum Gasteiger partial charge on any atom is 0.0714 e. The van der Waals surface area contributed by atoms with Gasteiger partial charge in [0.1, 0.15) is 0 Å². The Kier molecular flexibility index (Phi) is 6.77. The minimum atomic E-state index is -0.666. The summed E-state index contributed by atoms with van der Waals surface area (Å²) in [5, 5.41) is 1.85. The van der Waals surface area contributed by atoms with Gasteiger partial charge in [-0.2, -0.15) is 0 Å². The van der Waals surface area contributed by atoms with E-state index in [1.54, 1.807) is 0 Å². The summed E-state index contributed by atoms with van der Waals surface area (Å²) in [7, 11) is 0. The normalized spacial score (nSPS) is 13.6. The standard InChI is InChI=1S/C53H37N/c1-4-16-38(17-5-1)39-30-34-44(35-31-39)54(45-36-32-41(33-37-45)47-26-14-19-40-18-10-11-24-46(40)47)51-29-15-28-50-52(51)48-25-12-13-27-49(48)53(50,42-20-6-2-7-21-42)43-22-8-3-9-23-43/h1-37H/i32D,33D,36D,37D. The molecule has 0 aliphatic heterocycles. The van der Waals surface area contributed by atoms with Crippen LogP contribution in [0.15, 0.2) is 224 Å². The molecule has 10 rings (SSSR count). The molecule has 0 bridgehead atoms. The highest BCUT2D eigenvalue weighted by molar-refractivity contribution is 5.99. The first-order valence-electron chi connectivity index (χ1n) is 20.4. The van der Waals surface area contributed by atoms with Crippen molar-refractivity contribution in [2.75, 3.05) is 4.90 Å². The third-order valence-corrected chi connectivity index (χ3v) is 10.8. The Labute approximate surface area is 322 Å². The van der Waals surface area contributed by atoms with E-state index in [1.165, 1.54) is 0 Å². The van der Waals surface area contributed by atoms with Gasteiger partial charge < -0.3 is 4.90 Å². The van der Waals surface area contributed by atoms with E-state index in [4.69, 9.17) is 0 Å². The summed E-state index contributed by atoms with van der Waals surface area (Å²) in [6, 6.07) is 67.8. The maximum atomic E-state index is 9.79. The molecule has 0 radical (unpaired) electrons. The lowest BCUT2D eigenvalue weighted by Crippen LogP contribution is -2.28. The van der Waals surface area contributed by atoms with Crippen molar-refractivity contribution < 1.29 is 5.48 Å². The molecule has 1 heteroatoms. The first-order chi connectivity index (χ1) is 28.5. The zero-order valence-electron chi connectivity index (χ0n) is 33.5. The second kappa shape index (κ2) is 13.2. The van der Waals surface area contributed by atoms with E-state index < -0.39 is 5.41 Å². The van der Waals surface area contributed by atoms with Crippen molar-refractivity contribution in [1.29, 1.82) is 0 Å². The van der Waals surface area contributed by atoms with Crippen molar-refractivity contribution in [2.24, 2.45) is 0 Å². The zero-order chi connectivity index (χ0) is 39.4. The van der Waals surface area contributed by atoms with E-state index in [2.05, 4.69) is 115 Å². The highest BCUT2D eigenvalue weighted by Gasteiger charge is 2.47. The van der Waals surface area contributed by atoms with Gasteiger partial charge in [0.25, 0.3) is 0 Å². The SMILES string of the molecule is [2H]c1c([2H])c(N(c2ccc(-c3ccccc3)cc2)c2cccc3c2-c2ccccc2C3(c2ccccc2)c2ccccc2)c([2H])c([2H])c1-c1cccc2ccccc12. The van der Waals surface area contributed by atoms with Crippen LogP contribution in [-0.4, -0.2) is 0 Å². The summed E-state index contributed by atoms with van der Waals surface area (Å²) >= 11 is 0. The Morgan fingerprint density at radius 1 is 0.370 bits per heavy atom. The van der Waals surface area contributed by atoms with Crippen LogP contribution in [0.4, 0.5) is 17.1 Å². The van der Waals surface area contributed by atoms with E-state index in [0.29, 0.717) is 5.56 Å². The predicted molar refractivity (Wildman–Crippen MR) is 227 cm³/mol. The average Bonchev–Trinajstić information content (AvgIpc) is 3.60. The van der Waals surface area contributed by atoms with E-state index in [0.717, 1.165) is 66.7 Å². The molecule has 0 N–H and O–H groups in total. The van der Waals surface area contributed by atoms with Gasteiger partial charge in [0.15, 0.2) is 0 Å². The molecule has 9 aromatic rings. The summed E-state index contributed by atoms with van der Waals surface area (Å²) in [5.41, 5.74) is 10.6. The lowest BCUT2D eigenvalue weighted by atomic mass is 9.68. The summed E-state index contributed by atoms with van der Waals surface area (Å²) in [6.07, 6.45) is 0. The smallest absolute Gasteiger partial charge is 0.0714 e. The largest absolute Gasteiger partial charge is 0.310 e. The maximum absolute atomic E-state index is 9.79. The van der Waals surface area contributed by atoms with Crippen LogP contribution in [0.5, 0.6) is 0 Å². The number of rotatable bonds is 7. The Bertz CT molecular complexity index is 2910. The van der Waals surface area contributed by atoms with Gasteiger partial charge in [0.05, 0.1) is 16.6 Å². The molecule has 0 spiro atoms. The monoisotopic (exact) mass is 691 g/mol. The van der Waals surface area contributed by atoms with E-state index >= 15 is 0 Å². The van der Waals surface area contributed by atoms with Crippen molar-refractivity contribution in [1.82, 2.24) is 0 Å². The molecule has 0 unspecified atom stereocenters. The third kappa shape index (κ3) is 5.09. The molecule has 0 atom stereocenters. The summed E-state index contributed by atoms with van der Waals surface area (Å²) in [4.78, 5) is 1.95. The molecule has 0 amide bonds. The first kappa shape index (κ1) is 27.7. The number of hydrogen-bond acceptors (Lipinski definition) is 1. The quantitative estimate of drug-likeness (QED) is 0.161. The molecule has 1 aliphatic carbocycles. The van der Waals surface area contributed by atoms with Gasteiger partial charge in [0, 0.05) is 16.9 Å². The van der Waals surface area contributed by atoms with Crippen molar-refractivity contribution in [3.05, 3.63) is 247 Å². The molecule has 254 valence electrons. The van der Waals surface area contributed by atoms with Gasteiger partial charge in [-0.3, -0.25) is 0 Å². The Balaban J connectivity index is 1.28. The molecular weight excluding hydrogens is 651 g/mol. The van der Waals surface area contributed by atoms with Crippen LogP contribution in [-0.2, 0) is 5.41 Å². The van der Waals surface area contributed by atoms with Gasteiger partial charge >= 0.3 is 0 Å². The highest BCUT2D eigenvalue weighted by atomic mass is 15.1. The van der Waals surface area contributed by atoms with Crippen LogP contribution in [0.25, 0.3) is 44.2 Å². The molecule has 9 aromatic carbocycles. The van der Waals surface area contributed by atoms with Gasteiger partial charge in [-0.25, -0.2) is 0 Å². The minimum Gasteiger partial charge on any atom is -0.310 e. The topological polar surface area (TPSA) is 3.24 Å². The third-order valence-electron chi connectivity index (χ3n) is 10.8. The summed E-state index contributed by atoms with van der Waals surface area (Å²) < 4.78 is 38.8. The second-order valence-corrected chi connectivity index (χ2v) is 13.7. The van der Waals surface area contributed by atoms with Crippen LogP contribution in [0.2, 0.25) is 0 Å². The van der Waals surface area contributed by atoms with Crippen molar-refractivity contribution in [3.8, 4) is 33.4 Å². The van der Waals surface area contributed by atoms with E-state index in [1.807, 2.05) is 89.8 Å². The van der Waals surface area contributed by atoms with Crippen LogP contribution in [0, 0.1) is 0 Å². The molecule has 0 aromatic heterocycles. The fourth-order valence-electron chi connectivity index (χ4n) is 8.48. The van der Waals surface area contributed by atoms with Gasteiger partial charge in [-0.15, -0.1) is 0 Å². The molecule has 0 heterocycles. The molecule has 1 nitrogen and oxygen atoms in total. The second-order valence-electron chi connectivity index (χ2n) is 13.7. The molecular formula is C53H37N. The predicted octanol–water partition coefficient (Wildman–Crippen LogP) is 14.0. The molecule has 0 saturated carbocycles. The summed E-state index contributed by atoms with van der Waals surface area (Å²) in [5.74, 6) is 0. The molecule has 1 aliphatic rings. The fraction of sp³-hybridized carbons (Fsp3) is 0.0189. The van der Waals surface area contributed by atoms with Gasteiger partial charge in [0.2, 0.25) is 0 Å². The number of nitrogens with zero attached hydrogens (tertiary/aromatic N) is 1.